The molecule has 3 aromatic carbocycles. The predicted molar refractivity (Wildman–Crippen MR) is 119 cm³/mol. The number of hydrogen-bond acceptors (Lipinski definition) is 5. The molecule has 0 saturated heterocycles. The molecule has 6 nitrogen and oxygen atoms in total. The summed E-state index contributed by atoms with van der Waals surface area (Å²) >= 11 is 0. The van der Waals surface area contributed by atoms with E-state index in [-0.39, 0.29) is 11.8 Å². The lowest BCUT2D eigenvalue weighted by molar-refractivity contribution is 0.161. The highest BCUT2D eigenvalue weighted by atomic mass is 16.5. The maximum Gasteiger partial charge on any atom is 0.421 e. The van der Waals surface area contributed by atoms with Crippen LogP contribution in [0.4, 0.5) is 0 Å². The number of ether oxygens (including phenoxy) is 2. The van der Waals surface area contributed by atoms with E-state index in [0.29, 0.717) is 18.0 Å². The van der Waals surface area contributed by atoms with Gasteiger partial charge >= 0.3 is 5.76 Å². The topological polar surface area (TPSA) is 56.8 Å². The first-order valence-electron chi connectivity index (χ1n) is 10.3. The highest BCUT2D eigenvalue weighted by Crippen LogP contribution is 2.41. The minimum Gasteiger partial charge on any atom is -0.493 e. The van der Waals surface area contributed by atoms with Crippen LogP contribution in [0.2, 0.25) is 0 Å². The molecule has 1 aromatic heterocycles. The molecule has 1 atom stereocenters. The number of aromatic nitrogens is 1. The first kappa shape index (κ1) is 19.5. The van der Waals surface area contributed by atoms with Crippen molar-refractivity contribution < 1.29 is 13.9 Å². The molecule has 0 fully saturated rings. The molecule has 6 heteroatoms. The zero-order chi connectivity index (χ0) is 21.4. The Labute approximate surface area is 180 Å². The Bertz CT molecular complexity index is 1280. The van der Waals surface area contributed by atoms with Gasteiger partial charge in [0.25, 0.3) is 0 Å². The molecular weight excluding hydrogens is 392 g/mol. The van der Waals surface area contributed by atoms with Gasteiger partial charge in [0.05, 0.1) is 32.4 Å². The molecule has 5 rings (SSSR count). The summed E-state index contributed by atoms with van der Waals surface area (Å²) in [5, 5.41) is 0. The Morgan fingerprint density at radius 1 is 0.968 bits per heavy atom. The normalized spacial score (nSPS) is 16.3. The van der Waals surface area contributed by atoms with Gasteiger partial charge in [-0.25, -0.2) is 4.79 Å². The minimum absolute atomic E-state index is 0.0229. The highest BCUT2D eigenvalue weighted by molar-refractivity contribution is 5.72. The van der Waals surface area contributed by atoms with E-state index in [1.54, 1.807) is 18.8 Å². The Balaban J connectivity index is 1.62. The third kappa shape index (κ3) is 3.39. The molecule has 158 valence electrons. The van der Waals surface area contributed by atoms with Crippen molar-refractivity contribution >= 4 is 11.1 Å². The molecule has 4 aromatic rings. The molecule has 1 aliphatic rings. The first-order chi connectivity index (χ1) is 15.2. The number of benzene rings is 3. The van der Waals surface area contributed by atoms with Gasteiger partial charge in [-0.15, -0.1) is 0 Å². The molecule has 31 heavy (non-hydrogen) atoms. The van der Waals surface area contributed by atoms with Crippen molar-refractivity contribution in [1.82, 2.24) is 9.47 Å². The molecule has 0 N–H and O–H groups in total. The van der Waals surface area contributed by atoms with Gasteiger partial charge in [-0.2, -0.15) is 0 Å². The third-order valence-electron chi connectivity index (χ3n) is 5.99. The molecule has 0 aliphatic carbocycles. The fourth-order valence-corrected chi connectivity index (χ4v) is 4.51. The molecule has 2 heterocycles. The van der Waals surface area contributed by atoms with Gasteiger partial charge in [0, 0.05) is 6.54 Å². The standard InChI is InChI=1S/C25H24N2O4/c1-29-22-14-18-12-13-26(16-27-20-10-6-7-11-21(20)31-25(27)28)24(17-8-4-3-5-9-17)19(18)15-23(22)30-2/h3-11,14-15,24H,12-13,16H2,1-2H3. The summed E-state index contributed by atoms with van der Waals surface area (Å²) in [6.07, 6.45) is 0.851. The Hall–Kier alpha value is -3.51. The monoisotopic (exact) mass is 416 g/mol. The van der Waals surface area contributed by atoms with E-state index in [9.17, 15) is 4.79 Å². The summed E-state index contributed by atoms with van der Waals surface area (Å²) in [5.41, 5.74) is 4.96. The summed E-state index contributed by atoms with van der Waals surface area (Å²) < 4.78 is 18.3. The number of para-hydroxylation sites is 2. The van der Waals surface area contributed by atoms with Crippen LogP contribution in [-0.4, -0.2) is 30.2 Å². The third-order valence-corrected chi connectivity index (χ3v) is 5.99. The van der Waals surface area contributed by atoms with E-state index in [2.05, 4.69) is 29.2 Å². The van der Waals surface area contributed by atoms with Gasteiger partial charge in [-0.1, -0.05) is 42.5 Å². The van der Waals surface area contributed by atoms with E-state index < -0.39 is 0 Å². The average molecular weight is 416 g/mol. The number of nitrogens with zero attached hydrogens (tertiary/aromatic N) is 2. The number of methoxy groups -OCH3 is 2. The zero-order valence-electron chi connectivity index (χ0n) is 17.6. The lowest BCUT2D eigenvalue weighted by Crippen LogP contribution is -2.39. The number of fused-ring (bicyclic) bond motifs is 2. The van der Waals surface area contributed by atoms with Gasteiger partial charge < -0.3 is 13.9 Å². The van der Waals surface area contributed by atoms with Crippen LogP contribution in [0.15, 0.2) is 75.9 Å². The zero-order valence-corrected chi connectivity index (χ0v) is 17.6. The fraction of sp³-hybridized carbons (Fsp3) is 0.240. The van der Waals surface area contributed by atoms with Crippen LogP contribution in [0.25, 0.3) is 11.1 Å². The lowest BCUT2D eigenvalue weighted by atomic mass is 9.88. The number of oxazole rings is 1. The molecule has 0 saturated carbocycles. The molecule has 1 unspecified atom stereocenters. The summed E-state index contributed by atoms with van der Waals surface area (Å²) in [7, 11) is 3.31. The van der Waals surface area contributed by atoms with Crippen LogP contribution in [0, 0.1) is 0 Å². The van der Waals surface area contributed by atoms with Crippen LogP contribution in [-0.2, 0) is 13.1 Å². The predicted octanol–water partition coefficient (Wildman–Crippen LogP) is 4.22. The summed E-state index contributed by atoms with van der Waals surface area (Å²) in [5.74, 6) is 1.10. The van der Waals surface area contributed by atoms with Gasteiger partial charge in [-0.3, -0.25) is 9.47 Å². The van der Waals surface area contributed by atoms with Gasteiger partial charge in [-0.05, 0) is 47.4 Å². The minimum atomic E-state index is -0.342. The van der Waals surface area contributed by atoms with Crippen molar-refractivity contribution in [2.24, 2.45) is 0 Å². The summed E-state index contributed by atoms with van der Waals surface area (Å²) in [6, 6.07) is 22.0. The van der Waals surface area contributed by atoms with Crippen molar-refractivity contribution in [1.29, 1.82) is 0 Å². The molecule has 0 spiro atoms. The molecule has 1 aliphatic heterocycles. The van der Waals surface area contributed by atoms with Crippen LogP contribution >= 0.6 is 0 Å². The maximum atomic E-state index is 12.6. The molecular formula is C25H24N2O4. The summed E-state index contributed by atoms with van der Waals surface area (Å²) in [4.78, 5) is 14.9. The van der Waals surface area contributed by atoms with Crippen molar-refractivity contribution in [3.63, 3.8) is 0 Å². The second-order valence-electron chi connectivity index (χ2n) is 7.69. The highest BCUT2D eigenvalue weighted by Gasteiger charge is 2.31. The van der Waals surface area contributed by atoms with Gasteiger partial charge in [0.1, 0.15) is 0 Å². The lowest BCUT2D eigenvalue weighted by Gasteiger charge is -2.38. The van der Waals surface area contributed by atoms with E-state index in [1.165, 1.54) is 5.56 Å². The van der Waals surface area contributed by atoms with E-state index in [0.717, 1.165) is 35.4 Å². The first-order valence-corrected chi connectivity index (χ1v) is 10.3. The van der Waals surface area contributed by atoms with Crippen molar-refractivity contribution in [3.05, 3.63) is 94.0 Å². The van der Waals surface area contributed by atoms with Gasteiger partial charge in [0.15, 0.2) is 17.1 Å². The van der Waals surface area contributed by atoms with Crippen LogP contribution in [0.3, 0.4) is 0 Å². The average Bonchev–Trinajstić information content (AvgIpc) is 3.13. The molecule has 0 amide bonds. The second kappa shape index (κ2) is 7.96. The van der Waals surface area contributed by atoms with E-state index >= 15 is 0 Å². The Morgan fingerprint density at radius 2 is 1.68 bits per heavy atom. The smallest absolute Gasteiger partial charge is 0.421 e. The Kier molecular flexibility index (Phi) is 5.00. The van der Waals surface area contributed by atoms with Crippen molar-refractivity contribution in [2.45, 2.75) is 19.1 Å². The Morgan fingerprint density at radius 3 is 2.45 bits per heavy atom. The van der Waals surface area contributed by atoms with Gasteiger partial charge in [0.2, 0.25) is 0 Å². The summed E-state index contributed by atoms with van der Waals surface area (Å²) in [6.45, 7) is 1.23. The van der Waals surface area contributed by atoms with Crippen molar-refractivity contribution in [3.8, 4) is 11.5 Å². The largest absolute Gasteiger partial charge is 0.493 e. The molecule has 0 radical (unpaired) electrons. The van der Waals surface area contributed by atoms with Crippen LogP contribution < -0.4 is 15.2 Å². The number of hydrogen-bond donors (Lipinski definition) is 0. The fourth-order valence-electron chi connectivity index (χ4n) is 4.51. The van der Waals surface area contributed by atoms with E-state index in [1.807, 2.05) is 42.5 Å². The van der Waals surface area contributed by atoms with E-state index in [4.69, 9.17) is 13.9 Å². The van der Waals surface area contributed by atoms with Crippen LogP contribution in [0.1, 0.15) is 22.7 Å². The quantitative estimate of drug-likeness (QED) is 0.488. The SMILES string of the molecule is COc1cc2c(cc1OC)C(c1ccccc1)N(Cn1c(=O)oc3ccccc31)CC2. The van der Waals surface area contributed by atoms with Crippen LogP contribution in [0.5, 0.6) is 11.5 Å². The van der Waals surface area contributed by atoms with Crippen molar-refractivity contribution in [2.75, 3.05) is 20.8 Å². The molecule has 0 bridgehead atoms. The number of rotatable bonds is 5. The maximum absolute atomic E-state index is 12.6. The second-order valence-corrected chi connectivity index (χ2v) is 7.69.